The summed E-state index contributed by atoms with van der Waals surface area (Å²) in [5.41, 5.74) is 7.27. The van der Waals surface area contributed by atoms with E-state index in [0.717, 1.165) is 38.4 Å². The first-order valence-corrected chi connectivity index (χ1v) is 6.48. The number of benzene rings is 1. The minimum atomic E-state index is 0. The van der Waals surface area contributed by atoms with Gasteiger partial charge in [0.25, 0.3) is 0 Å². The molecule has 1 aliphatic rings. The van der Waals surface area contributed by atoms with E-state index in [1.807, 2.05) is 19.1 Å². The third-order valence-corrected chi connectivity index (χ3v) is 3.21. The molecule has 1 aromatic rings. The summed E-state index contributed by atoms with van der Waals surface area (Å²) in [4.78, 5) is 2.42. The molecule has 4 heteroatoms. The van der Waals surface area contributed by atoms with E-state index in [1.54, 1.807) is 0 Å². The van der Waals surface area contributed by atoms with Crippen molar-refractivity contribution in [2.75, 3.05) is 19.7 Å². The predicted molar refractivity (Wildman–Crippen MR) is 77.3 cm³/mol. The monoisotopic (exact) mass is 270 g/mol. The molecule has 1 aliphatic heterocycles. The van der Waals surface area contributed by atoms with Gasteiger partial charge in [0.15, 0.2) is 0 Å². The Morgan fingerprint density at radius 2 is 2.17 bits per heavy atom. The first kappa shape index (κ1) is 15.3. The lowest BCUT2D eigenvalue weighted by molar-refractivity contribution is 0.198. The number of hydrogen-bond donors (Lipinski definition) is 1. The summed E-state index contributed by atoms with van der Waals surface area (Å²) in [5.74, 6) is 1.01. The van der Waals surface area contributed by atoms with Gasteiger partial charge in [-0.3, -0.25) is 4.90 Å². The minimum absolute atomic E-state index is 0. The van der Waals surface area contributed by atoms with Gasteiger partial charge in [-0.25, -0.2) is 0 Å². The Balaban J connectivity index is 0.00000162. The molecule has 2 rings (SSSR count). The number of hydrogen-bond acceptors (Lipinski definition) is 3. The van der Waals surface area contributed by atoms with Crippen molar-refractivity contribution in [1.82, 2.24) is 4.90 Å². The molecule has 3 nitrogen and oxygen atoms in total. The van der Waals surface area contributed by atoms with E-state index in [-0.39, 0.29) is 12.4 Å². The second-order valence-electron chi connectivity index (χ2n) is 4.68. The molecule has 1 aromatic carbocycles. The molecule has 102 valence electrons. The van der Waals surface area contributed by atoms with Gasteiger partial charge in [-0.2, -0.15) is 0 Å². The molecule has 1 fully saturated rings. The first-order valence-electron chi connectivity index (χ1n) is 6.48. The topological polar surface area (TPSA) is 38.5 Å². The molecule has 18 heavy (non-hydrogen) atoms. The number of likely N-dealkylation sites (tertiary alicyclic amines) is 1. The Labute approximate surface area is 116 Å². The highest BCUT2D eigenvalue weighted by Crippen LogP contribution is 2.21. The third-order valence-electron chi connectivity index (χ3n) is 3.21. The van der Waals surface area contributed by atoms with E-state index >= 15 is 0 Å². The van der Waals surface area contributed by atoms with Crippen LogP contribution in [0.5, 0.6) is 5.75 Å². The van der Waals surface area contributed by atoms with E-state index in [4.69, 9.17) is 10.5 Å². The SMILES string of the molecule is CCOc1ccccc1CN1CCC[C@@H](N)C1.Cl. The summed E-state index contributed by atoms with van der Waals surface area (Å²) in [6.07, 6.45) is 2.36. The molecule has 1 heterocycles. The van der Waals surface area contributed by atoms with Crippen LogP contribution in [0.1, 0.15) is 25.3 Å². The molecule has 0 aliphatic carbocycles. The Bertz CT molecular complexity index is 359. The average molecular weight is 271 g/mol. The molecular formula is C14H23ClN2O. The fraction of sp³-hybridized carbons (Fsp3) is 0.571. The van der Waals surface area contributed by atoms with Gasteiger partial charge >= 0.3 is 0 Å². The maximum atomic E-state index is 6.00. The number of ether oxygens (including phenoxy) is 1. The summed E-state index contributed by atoms with van der Waals surface area (Å²) in [6, 6.07) is 8.62. The summed E-state index contributed by atoms with van der Waals surface area (Å²) in [6.45, 7) is 5.84. The molecule has 0 spiro atoms. The Kier molecular flexibility index (Phi) is 6.47. The van der Waals surface area contributed by atoms with Crippen molar-refractivity contribution >= 4 is 12.4 Å². The van der Waals surface area contributed by atoms with Crippen LogP contribution in [0.2, 0.25) is 0 Å². The van der Waals surface area contributed by atoms with Gasteiger partial charge in [-0.1, -0.05) is 18.2 Å². The standard InChI is InChI=1S/C14H22N2O.ClH/c1-2-17-14-8-4-3-6-12(14)10-16-9-5-7-13(15)11-16;/h3-4,6,8,13H,2,5,7,9-11,15H2,1H3;1H/t13-;/m1./s1. The number of para-hydroxylation sites is 1. The lowest BCUT2D eigenvalue weighted by atomic mass is 10.1. The summed E-state index contributed by atoms with van der Waals surface area (Å²) >= 11 is 0. The van der Waals surface area contributed by atoms with Crippen LogP contribution in [0.4, 0.5) is 0 Å². The van der Waals surface area contributed by atoms with Gasteiger partial charge in [-0.05, 0) is 32.4 Å². The van der Waals surface area contributed by atoms with Gasteiger partial charge in [0, 0.05) is 24.7 Å². The molecule has 0 amide bonds. The zero-order valence-electron chi connectivity index (χ0n) is 11.0. The quantitative estimate of drug-likeness (QED) is 0.913. The van der Waals surface area contributed by atoms with Crippen LogP contribution in [0.25, 0.3) is 0 Å². The molecule has 1 atom stereocenters. The molecule has 0 saturated carbocycles. The first-order chi connectivity index (χ1) is 8.29. The van der Waals surface area contributed by atoms with Crippen molar-refractivity contribution in [3.63, 3.8) is 0 Å². The van der Waals surface area contributed by atoms with Gasteiger partial charge in [0.1, 0.15) is 5.75 Å². The Morgan fingerprint density at radius 3 is 2.89 bits per heavy atom. The van der Waals surface area contributed by atoms with Gasteiger partial charge in [0.05, 0.1) is 6.61 Å². The molecule has 0 bridgehead atoms. The van der Waals surface area contributed by atoms with E-state index in [1.165, 1.54) is 12.0 Å². The molecule has 2 N–H and O–H groups in total. The average Bonchev–Trinajstić information content (AvgIpc) is 2.32. The van der Waals surface area contributed by atoms with Crippen LogP contribution < -0.4 is 10.5 Å². The van der Waals surface area contributed by atoms with Crippen molar-refractivity contribution in [3.8, 4) is 5.75 Å². The highest BCUT2D eigenvalue weighted by Gasteiger charge is 2.17. The lowest BCUT2D eigenvalue weighted by Crippen LogP contribution is -2.42. The van der Waals surface area contributed by atoms with Crippen molar-refractivity contribution in [2.45, 2.75) is 32.4 Å². The van der Waals surface area contributed by atoms with Crippen LogP contribution in [0.3, 0.4) is 0 Å². The number of rotatable bonds is 4. The second-order valence-corrected chi connectivity index (χ2v) is 4.68. The van der Waals surface area contributed by atoms with Crippen LogP contribution in [-0.2, 0) is 6.54 Å². The molecule has 0 radical (unpaired) electrons. The van der Waals surface area contributed by atoms with Crippen molar-refractivity contribution in [1.29, 1.82) is 0 Å². The largest absolute Gasteiger partial charge is 0.494 e. The number of nitrogens with two attached hydrogens (primary N) is 1. The van der Waals surface area contributed by atoms with E-state index in [2.05, 4.69) is 17.0 Å². The summed E-state index contributed by atoms with van der Waals surface area (Å²) < 4.78 is 5.65. The molecular weight excluding hydrogens is 248 g/mol. The molecule has 0 aromatic heterocycles. The lowest BCUT2D eigenvalue weighted by Gasteiger charge is -2.31. The van der Waals surface area contributed by atoms with Gasteiger partial charge < -0.3 is 10.5 Å². The summed E-state index contributed by atoms with van der Waals surface area (Å²) in [7, 11) is 0. The van der Waals surface area contributed by atoms with Gasteiger partial charge in [-0.15, -0.1) is 12.4 Å². The highest BCUT2D eigenvalue weighted by molar-refractivity contribution is 5.85. The van der Waals surface area contributed by atoms with Crippen LogP contribution in [0, 0.1) is 0 Å². The van der Waals surface area contributed by atoms with Crippen LogP contribution >= 0.6 is 12.4 Å². The summed E-state index contributed by atoms with van der Waals surface area (Å²) in [5, 5.41) is 0. The van der Waals surface area contributed by atoms with Gasteiger partial charge in [0.2, 0.25) is 0 Å². The zero-order valence-corrected chi connectivity index (χ0v) is 11.8. The van der Waals surface area contributed by atoms with Crippen molar-refractivity contribution in [3.05, 3.63) is 29.8 Å². The normalized spacial score (nSPS) is 20.2. The highest BCUT2D eigenvalue weighted by atomic mass is 35.5. The molecule has 1 saturated heterocycles. The minimum Gasteiger partial charge on any atom is -0.494 e. The van der Waals surface area contributed by atoms with E-state index in [0.29, 0.717) is 6.04 Å². The Hall–Kier alpha value is -0.770. The van der Waals surface area contributed by atoms with E-state index < -0.39 is 0 Å². The smallest absolute Gasteiger partial charge is 0.123 e. The van der Waals surface area contributed by atoms with Crippen LogP contribution in [-0.4, -0.2) is 30.6 Å². The maximum absolute atomic E-state index is 6.00. The number of halogens is 1. The second kappa shape index (κ2) is 7.62. The number of nitrogens with zero attached hydrogens (tertiary/aromatic N) is 1. The maximum Gasteiger partial charge on any atom is 0.123 e. The van der Waals surface area contributed by atoms with Crippen molar-refractivity contribution in [2.24, 2.45) is 5.73 Å². The van der Waals surface area contributed by atoms with Crippen molar-refractivity contribution < 1.29 is 4.74 Å². The van der Waals surface area contributed by atoms with Crippen LogP contribution in [0.15, 0.2) is 24.3 Å². The fourth-order valence-electron chi connectivity index (χ4n) is 2.41. The fourth-order valence-corrected chi connectivity index (χ4v) is 2.41. The number of piperidine rings is 1. The molecule has 0 unspecified atom stereocenters. The van der Waals surface area contributed by atoms with E-state index in [9.17, 15) is 0 Å². The third kappa shape index (κ3) is 4.16. The Morgan fingerprint density at radius 1 is 1.39 bits per heavy atom. The predicted octanol–water partition coefficient (Wildman–Crippen LogP) is 2.43. The zero-order chi connectivity index (χ0) is 12.1.